The van der Waals surface area contributed by atoms with Crippen LogP contribution in [0.1, 0.15) is 13.3 Å². The zero-order valence-electron chi connectivity index (χ0n) is 4.58. The monoisotopic (exact) mass is 127 g/mol. The van der Waals surface area contributed by atoms with Crippen LogP contribution in [-0.4, -0.2) is 27.1 Å². The minimum absolute atomic E-state index is 0. The largest absolute Gasteiger partial charge is 1.00 e. The van der Waals surface area contributed by atoms with E-state index in [9.17, 15) is 0 Å². The number of rotatable bonds is 2. The first-order valence-corrected chi connectivity index (χ1v) is 2.12. The molecule has 3 N–H and O–H groups in total. The molecule has 52 valence electrons. The van der Waals surface area contributed by atoms with Crippen molar-refractivity contribution in [2.45, 2.75) is 13.3 Å². The fourth-order valence-corrected chi connectivity index (χ4v) is 0.300. The number of hydroxylamine groups is 3. The predicted molar refractivity (Wildman–Crippen MR) is 20.8 cm³/mol. The third-order valence-corrected chi connectivity index (χ3v) is 0.524. The van der Waals surface area contributed by atoms with Crippen LogP contribution in [0.25, 0.3) is 0 Å². The first-order chi connectivity index (χ1) is 3.06. The Morgan fingerprint density at radius 3 is 1.62 bits per heavy atom. The molecule has 0 aliphatic rings. The quantitative estimate of drug-likeness (QED) is 0.281. The van der Waals surface area contributed by atoms with Gasteiger partial charge in [0.2, 0.25) is 0 Å². The van der Waals surface area contributed by atoms with Gasteiger partial charge in [0.1, 0.15) is 0 Å². The molecule has 0 aromatic heterocycles. The summed E-state index contributed by atoms with van der Waals surface area (Å²) >= 11 is 0. The van der Waals surface area contributed by atoms with Crippen LogP contribution in [0.15, 0.2) is 0 Å². The van der Waals surface area contributed by atoms with Crippen LogP contribution in [0.3, 0.4) is 0 Å². The van der Waals surface area contributed by atoms with Crippen molar-refractivity contribution in [3.63, 3.8) is 0 Å². The first-order valence-electron chi connectivity index (χ1n) is 2.12. The minimum atomic E-state index is -1.91. The Bertz CT molecular complexity index is 53.0. The molecule has 5 heteroatoms. The van der Waals surface area contributed by atoms with Crippen LogP contribution in [0.4, 0.5) is 0 Å². The molecule has 8 heavy (non-hydrogen) atoms. The van der Waals surface area contributed by atoms with Crippen molar-refractivity contribution in [1.29, 1.82) is 0 Å². The lowest BCUT2D eigenvalue weighted by Gasteiger charge is -2.08. The molecular formula is C3H10FNO3. The molecule has 0 rings (SSSR count). The average molecular weight is 127 g/mol. The maximum Gasteiger partial charge on any atom is 0.177 e. The predicted octanol–water partition coefficient (Wildman–Crippen LogP) is -2.62. The molecule has 0 heterocycles. The van der Waals surface area contributed by atoms with E-state index in [4.69, 9.17) is 15.6 Å². The summed E-state index contributed by atoms with van der Waals surface area (Å²) in [5, 5.41) is 24.2. The molecule has 4 nitrogen and oxygen atoms in total. The first kappa shape index (κ1) is 10.7. The molecule has 0 atom stereocenters. The molecule has 0 fully saturated rings. The Kier molecular flexibility index (Phi) is 4.99. The van der Waals surface area contributed by atoms with E-state index in [1.54, 1.807) is 6.92 Å². The molecule has 0 radical (unpaired) electrons. The summed E-state index contributed by atoms with van der Waals surface area (Å²) in [5.74, 6) is 0. The van der Waals surface area contributed by atoms with Crippen LogP contribution in [0.2, 0.25) is 0 Å². The van der Waals surface area contributed by atoms with Crippen LogP contribution >= 0.6 is 0 Å². The summed E-state index contributed by atoms with van der Waals surface area (Å²) in [7, 11) is 0. The zero-order chi connectivity index (χ0) is 5.91. The Morgan fingerprint density at radius 1 is 1.25 bits per heavy atom. The Balaban J connectivity index is 0. The molecule has 0 unspecified atom stereocenters. The summed E-state index contributed by atoms with van der Waals surface area (Å²) in [4.78, 5) is -1.91. The molecule has 0 saturated carbocycles. The van der Waals surface area contributed by atoms with Gasteiger partial charge >= 0.3 is 0 Å². The summed E-state index contributed by atoms with van der Waals surface area (Å²) < 4.78 is 0. The van der Waals surface area contributed by atoms with Gasteiger partial charge in [-0.05, 0) is 0 Å². The van der Waals surface area contributed by atoms with Crippen molar-refractivity contribution in [2.75, 3.05) is 6.54 Å². The van der Waals surface area contributed by atoms with E-state index in [0.29, 0.717) is 6.42 Å². The highest BCUT2D eigenvalue weighted by Gasteiger charge is 2.14. The average Bonchev–Trinajstić information content (AvgIpc) is 1.30. The van der Waals surface area contributed by atoms with Gasteiger partial charge in [0.25, 0.3) is 0 Å². The standard InChI is InChI=1S/C3H10NO3.FH/c1-2-3-4(5,6)7;/h5-7H,2-3H2,1H3;1H/q+1;/p-1. The van der Waals surface area contributed by atoms with Crippen LogP contribution < -0.4 is 4.70 Å². The number of nitrogens with zero attached hydrogens (tertiary/aromatic N) is 1. The summed E-state index contributed by atoms with van der Waals surface area (Å²) in [6, 6.07) is 0. The fourth-order valence-electron chi connectivity index (χ4n) is 0.300. The molecule has 0 aliphatic carbocycles. The molecule has 0 amide bonds. The van der Waals surface area contributed by atoms with E-state index in [2.05, 4.69) is 0 Å². The summed E-state index contributed by atoms with van der Waals surface area (Å²) in [6.45, 7) is 1.68. The molecule has 0 bridgehead atoms. The Labute approximate surface area is 46.4 Å². The van der Waals surface area contributed by atoms with Crippen molar-refractivity contribution in [2.24, 2.45) is 0 Å². The van der Waals surface area contributed by atoms with Crippen molar-refractivity contribution in [3.8, 4) is 0 Å². The van der Waals surface area contributed by atoms with E-state index in [1.165, 1.54) is 0 Å². The highest BCUT2D eigenvalue weighted by molar-refractivity contribution is 4.11. The van der Waals surface area contributed by atoms with Gasteiger partial charge in [-0.25, -0.2) is 0 Å². The molecule has 0 aromatic rings. The van der Waals surface area contributed by atoms with Crippen LogP contribution in [-0.2, 0) is 0 Å². The van der Waals surface area contributed by atoms with Gasteiger partial charge in [-0.2, -0.15) is 0 Å². The topological polar surface area (TPSA) is 60.7 Å². The fraction of sp³-hybridized carbons (Fsp3) is 1.00. The van der Waals surface area contributed by atoms with Gasteiger partial charge in [0.15, 0.2) is 6.54 Å². The molecule has 0 saturated heterocycles. The van der Waals surface area contributed by atoms with E-state index in [0.717, 1.165) is 0 Å². The van der Waals surface area contributed by atoms with Gasteiger partial charge in [-0.15, -0.1) is 15.6 Å². The SMILES string of the molecule is CCC[N+](O)(O)O.[F-]. The maximum absolute atomic E-state index is 8.07. The van der Waals surface area contributed by atoms with E-state index in [1.807, 2.05) is 0 Å². The van der Waals surface area contributed by atoms with E-state index >= 15 is 0 Å². The van der Waals surface area contributed by atoms with Crippen molar-refractivity contribution >= 4 is 0 Å². The Morgan fingerprint density at radius 2 is 1.62 bits per heavy atom. The van der Waals surface area contributed by atoms with Crippen LogP contribution in [0.5, 0.6) is 0 Å². The summed E-state index contributed by atoms with van der Waals surface area (Å²) in [5.41, 5.74) is 0. The van der Waals surface area contributed by atoms with Crippen molar-refractivity contribution in [1.82, 2.24) is 0 Å². The lowest BCUT2D eigenvalue weighted by Crippen LogP contribution is -3.00. The highest BCUT2D eigenvalue weighted by atomic mass is 19.0. The molecule has 0 aliphatic heterocycles. The van der Waals surface area contributed by atoms with Crippen LogP contribution in [0, 0.1) is 0 Å². The Hall–Kier alpha value is -0.230. The minimum Gasteiger partial charge on any atom is -1.00 e. The van der Waals surface area contributed by atoms with Gasteiger partial charge in [0, 0.05) is 6.42 Å². The van der Waals surface area contributed by atoms with E-state index in [-0.39, 0.29) is 11.2 Å². The van der Waals surface area contributed by atoms with E-state index < -0.39 is 4.97 Å². The highest BCUT2D eigenvalue weighted by Crippen LogP contribution is 1.88. The molecule has 0 aromatic carbocycles. The smallest absolute Gasteiger partial charge is 0.177 e. The van der Waals surface area contributed by atoms with Gasteiger partial charge < -0.3 is 4.70 Å². The lowest BCUT2D eigenvalue weighted by atomic mass is 10.5. The zero-order valence-corrected chi connectivity index (χ0v) is 4.58. The second-order valence-corrected chi connectivity index (χ2v) is 1.42. The third-order valence-electron chi connectivity index (χ3n) is 0.524. The number of halogens is 1. The normalized spacial score (nSPS) is 10.5. The number of quaternary nitrogens is 1. The number of hydrogen-bond donors (Lipinski definition) is 3. The molecular weight excluding hydrogens is 117 g/mol. The lowest BCUT2D eigenvalue weighted by molar-refractivity contribution is -1.37. The van der Waals surface area contributed by atoms with Gasteiger partial charge in [-0.3, -0.25) is 0 Å². The second kappa shape index (κ2) is 3.73. The second-order valence-electron chi connectivity index (χ2n) is 1.42. The van der Waals surface area contributed by atoms with Gasteiger partial charge in [-0.1, -0.05) is 6.92 Å². The third kappa shape index (κ3) is 9.24. The molecule has 0 spiro atoms. The number of hydrogen-bond acceptors (Lipinski definition) is 3. The summed E-state index contributed by atoms with van der Waals surface area (Å²) in [6.07, 6.45) is 0.531. The van der Waals surface area contributed by atoms with Crippen molar-refractivity contribution < 1.29 is 25.3 Å². The maximum atomic E-state index is 8.07. The van der Waals surface area contributed by atoms with Gasteiger partial charge in [0.05, 0.1) is 4.97 Å². The van der Waals surface area contributed by atoms with Crippen molar-refractivity contribution in [3.05, 3.63) is 0 Å².